The maximum Gasteiger partial charge on any atom is 0.0442 e. The molecule has 0 N–H and O–H groups in total. The summed E-state index contributed by atoms with van der Waals surface area (Å²) in [5, 5.41) is 4.21. The molecule has 2 heterocycles. The number of thiophene rings is 2. The Bertz CT molecular complexity index is 530. The first-order valence-electron chi connectivity index (χ1n) is 15.7. The summed E-state index contributed by atoms with van der Waals surface area (Å²) >= 11 is 1.65. The Kier molecular flexibility index (Phi) is 29.8. The molecule has 2 rings (SSSR count). The number of rotatable bonds is 19. The minimum absolute atomic E-state index is 0.967. The normalized spacial score (nSPS) is 10.8. The molecule has 2 aromatic heterocycles. The summed E-state index contributed by atoms with van der Waals surface area (Å²) in [5.41, 5.74) is 0. The first-order chi connectivity index (χ1) is 17.7. The molecular weight excluding hydrogens is 686 g/mol. The zero-order valence-electron chi connectivity index (χ0n) is 25.2. The summed E-state index contributed by atoms with van der Waals surface area (Å²) < 4.78 is 10.2. The maximum absolute atomic E-state index is 2.34. The molecule has 4 heteroatoms. The summed E-state index contributed by atoms with van der Waals surface area (Å²) in [5.74, 6) is 0. The molecule has 0 radical (unpaired) electrons. The monoisotopic (exact) mass is 750 g/mol. The molecule has 0 nitrogen and oxygen atoms in total. The summed E-state index contributed by atoms with van der Waals surface area (Å²) in [6, 6.07) is 8.46. The second-order valence-electron chi connectivity index (χ2n) is 10.5. The van der Waals surface area contributed by atoms with E-state index in [0.29, 0.717) is 0 Å². The minimum atomic E-state index is -0.967. The molecule has 0 bridgehead atoms. The average Bonchev–Trinajstić information content (AvgIpc) is 3.63. The first kappa shape index (κ1) is 37.0. The second kappa shape index (κ2) is 29.0. The molecule has 0 saturated carbocycles. The third-order valence-corrected chi connectivity index (χ3v) is 30.0. The maximum atomic E-state index is 2.34. The Labute approximate surface area is 250 Å². The van der Waals surface area contributed by atoms with E-state index < -0.39 is 39.5 Å². The van der Waals surface area contributed by atoms with Gasteiger partial charge in [0.2, 0.25) is 0 Å². The molecule has 0 aliphatic heterocycles. The third-order valence-electron chi connectivity index (χ3n) is 7.08. The van der Waals surface area contributed by atoms with Crippen molar-refractivity contribution in [3.05, 3.63) is 35.0 Å². The standard InChI is InChI=1S/C8H6S2.6C4H9.2Sn.2H/c1-3-7(9-5-1)8-4-2-6-10-8;6*1-3-4-2;;;;/h1-6H;6*1,3-4H2,2H3;;;;. The van der Waals surface area contributed by atoms with E-state index in [-0.39, 0.29) is 0 Å². The van der Waals surface area contributed by atoms with Crippen LogP contribution in [0.25, 0.3) is 9.75 Å². The zero-order valence-corrected chi connectivity index (χ0v) is 33.4. The van der Waals surface area contributed by atoms with Crippen molar-refractivity contribution in [2.24, 2.45) is 0 Å². The van der Waals surface area contributed by atoms with Crippen LogP contribution in [0.15, 0.2) is 35.0 Å². The molecule has 0 atom stereocenters. The summed E-state index contributed by atoms with van der Waals surface area (Å²) in [7, 11) is 0. The van der Waals surface area contributed by atoms with Crippen molar-refractivity contribution in [3.63, 3.8) is 0 Å². The van der Waals surface area contributed by atoms with E-state index in [4.69, 9.17) is 0 Å². The molecule has 0 amide bonds. The molecule has 0 aliphatic rings. The van der Waals surface area contributed by atoms with Gasteiger partial charge in [0.15, 0.2) is 0 Å². The van der Waals surface area contributed by atoms with Crippen LogP contribution in [0.1, 0.15) is 119 Å². The number of hydrogen-bond donors (Lipinski definition) is 0. The van der Waals surface area contributed by atoms with Crippen LogP contribution in [-0.4, -0.2) is 39.5 Å². The van der Waals surface area contributed by atoms with E-state index in [1.54, 1.807) is 49.3 Å². The summed E-state index contributed by atoms with van der Waals surface area (Å²) in [4.78, 5) is 2.74. The van der Waals surface area contributed by atoms with Crippen LogP contribution < -0.4 is 0 Å². The van der Waals surface area contributed by atoms with Gasteiger partial charge in [-0.15, -0.1) is 22.7 Å². The SMILES string of the molecule is CCC[CH2][SnH]([CH2]CCC)[CH2]CCC.CCC[CH2][SnH]([CH2]CCC)[CH2]CCC.c1csc(-c2cccs2)c1. The Hall–Kier alpha value is 0.997. The Morgan fingerprint density at radius 1 is 0.444 bits per heavy atom. The van der Waals surface area contributed by atoms with Gasteiger partial charge in [0.25, 0.3) is 0 Å². The molecule has 36 heavy (non-hydrogen) atoms. The van der Waals surface area contributed by atoms with E-state index in [1.165, 1.54) is 86.8 Å². The average molecular weight is 748 g/mol. The van der Waals surface area contributed by atoms with E-state index in [9.17, 15) is 0 Å². The zero-order chi connectivity index (χ0) is 26.7. The number of hydrogen-bond acceptors (Lipinski definition) is 2. The Morgan fingerprint density at radius 2 is 0.694 bits per heavy atom. The quantitative estimate of drug-likeness (QED) is 0.126. The topological polar surface area (TPSA) is 0 Å². The summed E-state index contributed by atoms with van der Waals surface area (Å²) in [6.45, 7) is 14.0. The van der Waals surface area contributed by atoms with E-state index >= 15 is 0 Å². The van der Waals surface area contributed by atoms with Gasteiger partial charge in [0.1, 0.15) is 0 Å². The molecule has 2 aromatic rings. The first-order valence-corrected chi connectivity index (χ1v) is 31.5. The van der Waals surface area contributed by atoms with Crippen LogP contribution in [-0.2, 0) is 0 Å². The van der Waals surface area contributed by atoms with Crippen LogP contribution in [0, 0.1) is 0 Å². The van der Waals surface area contributed by atoms with Gasteiger partial charge in [-0.2, -0.15) is 0 Å². The van der Waals surface area contributed by atoms with E-state index in [0.717, 1.165) is 0 Å². The molecule has 0 aliphatic carbocycles. The fourth-order valence-electron chi connectivity index (χ4n) is 4.66. The van der Waals surface area contributed by atoms with Gasteiger partial charge in [-0.3, -0.25) is 0 Å². The van der Waals surface area contributed by atoms with Crippen molar-refractivity contribution >= 4 is 62.2 Å². The van der Waals surface area contributed by atoms with Crippen molar-refractivity contribution in [2.75, 3.05) is 0 Å². The van der Waals surface area contributed by atoms with Crippen LogP contribution >= 0.6 is 22.7 Å². The molecule has 0 unspecified atom stereocenters. The molecule has 0 spiro atoms. The summed E-state index contributed by atoms with van der Waals surface area (Å²) in [6.07, 6.45) is 17.7. The van der Waals surface area contributed by atoms with Gasteiger partial charge in [0.05, 0.1) is 0 Å². The fourth-order valence-corrected chi connectivity index (χ4v) is 28.1. The van der Waals surface area contributed by atoms with Gasteiger partial charge in [-0.25, -0.2) is 0 Å². The van der Waals surface area contributed by atoms with E-state index in [2.05, 4.69) is 76.6 Å². The van der Waals surface area contributed by atoms with Crippen molar-refractivity contribution < 1.29 is 0 Å². The van der Waals surface area contributed by atoms with Crippen LogP contribution in [0.4, 0.5) is 0 Å². The van der Waals surface area contributed by atoms with Crippen LogP contribution in [0.5, 0.6) is 0 Å². The molecule has 0 aromatic carbocycles. The Balaban J connectivity index is 0.000000513. The molecular formula is C32H62S2Sn2. The molecule has 210 valence electrons. The van der Waals surface area contributed by atoms with Crippen molar-refractivity contribution in [3.8, 4) is 9.75 Å². The van der Waals surface area contributed by atoms with Gasteiger partial charge in [-0.05, 0) is 22.9 Å². The molecule has 0 saturated heterocycles. The second-order valence-corrected chi connectivity index (χ2v) is 32.2. The van der Waals surface area contributed by atoms with Gasteiger partial charge >= 0.3 is 185 Å². The van der Waals surface area contributed by atoms with Gasteiger partial charge in [-0.1, -0.05) is 12.1 Å². The third kappa shape index (κ3) is 21.9. The Morgan fingerprint density at radius 3 is 0.861 bits per heavy atom. The minimum Gasteiger partial charge on any atom is -0.143 e. The van der Waals surface area contributed by atoms with Crippen molar-refractivity contribution in [1.82, 2.24) is 0 Å². The van der Waals surface area contributed by atoms with Gasteiger partial charge in [0, 0.05) is 9.75 Å². The van der Waals surface area contributed by atoms with Crippen molar-refractivity contribution in [2.45, 2.75) is 145 Å². The van der Waals surface area contributed by atoms with Crippen molar-refractivity contribution in [1.29, 1.82) is 0 Å². The number of unbranched alkanes of at least 4 members (excludes halogenated alkanes) is 6. The predicted octanol–water partition coefficient (Wildman–Crippen LogP) is 12.7. The van der Waals surface area contributed by atoms with Crippen LogP contribution in [0.3, 0.4) is 0 Å². The molecule has 0 fully saturated rings. The van der Waals surface area contributed by atoms with Crippen LogP contribution in [0.2, 0.25) is 26.6 Å². The smallest absolute Gasteiger partial charge is 0.0442 e. The van der Waals surface area contributed by atoms with E-state index in [1.807, 2.05) is 0 Å². The fraction of sp³-hybridized carbons (Fsp3) is 0.750. The van der Waals surface area contributed by atoms with Gasteiger partial charge < -0.3 is 0 Å². The predicted molar refractivity (Wildman–Crippen MR) is 180 cm³/mol. The largest absolute Gasteiger partial charge is 0.143 e.